The number of hydrogen-bond donors (Lipinski definition) is 1. The average Bonchev–Trinajstić information content (AvgIpc) is 2.60. The Labute approximate surface area is 152 Å². The van der Waals surface area contributed by atoms with Crippen LogP contribution in [-0.4, -0.2) is 33.4 Å². The van der Waals surface area contributed by atoms with Crippen molar-refractivity contribution < 1.29 is 5.11 Å². The molecule has 0 saturated carbocycles. The van der Waals surface area contributed by atoms with Crippen LogP contribution < -0.4 is 0 Å². The summed E-state index contributed by atoms with van der Waals surface area (Å²) in [4.78, 5) is 1.34. The third-order valence-electron chi connectivity index (χ3n) is 4.96. The van der Waals surface area contributed by atoms with E-state index in [1.165, 1.54) is 56.7 Å². The number of hydrogen-bond acceptors (Lipinski definition) is 2. The minimum atomic E-state index is -2.35. The first-order valence-electron chi connectivity index (χ1n) is 9.55. The summed E-state index contributed by atoms with van der Waals surface area (Å²) >= 11 is -0.362. The Kier molecular flexibility index (Phi) is 11.8. The quantitative estimate of drug-likeness (QED) is 0.276. The molecule has 1 aromatic carbocycles. The molecule has 0 radical (unpaired) electrons. The molecule has 1 aromatic rings. The van der Waals surface area contributed by atoms with E-state index in [2.05, 4.69) is 51.1 Å². The third kappa shape index (κ3) is 7.39. The van der Waals surface area contributed by atoms with Gasteiger partial charge in [-0.1, -0.05) is 0 Å². The summed E-state index contributed by atoms with van der Waals surface area (Å²) in [5.74, 6) is 0. The number of aliphatic hydroxyl groups is 1. The zero-order chi connectivity index (χ0) is 17.0. The molecule has 1 rings (SSSR count). The molecular weight excluding hydrogens is 407 g/mol. The van der Waals surface area contributed by atoms with Gasteiger partial charge in [-0.05, 0) is 0 Å². The van der Waals surface area contributed by atoms with E-state index < -0.39 is 18.4 Å². The molecule has 1 N–H and O–H groups in total. The zero-order valence-electron chi connectivity index (χ0n) is 15.4. The topological polar surface area (TPSA) is 20.2 Å². The van der Waals surface area contributed by atoms with Crippen LogP contribution in [0.1, 0.15) is 59.3 Å². The van der Waals surface area contributed by atoms with Crippen molar-refractivity contribution in [3.8, 4) is 0 Å². The number of aliphatic hydroxyl groups excluding tert-OH is 1. The van der Waals surface area contributed by atoms with E-state index in [0.29, 0.717) is 9.87 Å². The van der Waals surface area contributed by atoms with Gasteiger partial charge in [0.05, 0.1) is 0 Å². The Hall–Kier alpha value is 0.329. The predicted molar refractivity (Wildman–Crippen MR) is 108 cm³/mol. The van der Waals surface area contributed by atoms with Crippen molar-refractivity contribution in [2.45, 2.75) is 80.8 Å². The molecule has 0 fully saturated rings. The second-order valence-electron chi connectivity index (χ2n) is 6.78. The van der Waals surface area contributed by atoms with Crippen molar-refractivity contribution in [1.29, 1.82) is 0 Å². The molecule has 3 heteroatoms. The molecule has 23 heavy (non-hydrogen) atoms. The van der Waals surface area contributed by atoms with Crippen molar-refractivity contribution >= 4 is 30.1 Å². The van der Waals surface area contributed by atoms with E-state index in [0.717, 1.165) is 0 Å². The summed E-state index contributed by atoms with van der Waals surface area (Å²) in [6, 6.07) is 10.8. The van der Waals surface area contributed by atoms with E-state index in [-0.39, 0.29) is 0 Å². The van der Waals surface area contributed by atoms with Crippen LogP contribution in [0.5, 0.6) is 0 Å². The van der Waals surface area contributed by atoms with Crippen molar-refractivity contribution in [3.05, 3.63) is 30.3 Å². The molecule has 0 saturated heterocycles. The van der Waals surface area contributed by atoms with Crippen LogP contribution in [0.2, 0.25) is 13.3 Å². The van der Waals surface area contributed by atoms with E-state index >= 15 is 0 Å². The molecule has 0 spiro atoms. The average molecular weight is 443 g/mol. The Morgan fingerprint density at radius 2 is 1.35 bits per heavy atom. The molecule has 1 atom stereocenters. The van der Waals surface area contributed by atoms with Crippen molar-refractivity contribution in [2.75, 3.05) is 6.61 Å². The molecule has 0 aliphatic carbocycles. The second-order valence-corrected chi connectivity index (χ2v) is 23.3. The zero-order valence-corrected chi connectivity index (χ0v) is 19.1. The van der Waals surface area contributed by atoms with Crippen LogP contribution in [0.15, 0.2) is 35.2 Å². The maximum atomic E-state index is 10.3. The van der Waals surface area contributed by atoms with Crippen LogP contribution in [0.25, 0.3) is 0 Å². The first-order valence-corrected chi connectivity index (χ1v) is 18.1. The summed E-state index contributed by atoms with van der Waals surface area (Å²) in [5, 5.41) is 10.3. The van der Waals surface area contributed by atoms with Gasteiger partial charge in [0.25, 0.3) is 0 Å². The van der Waals surface area contributed by atoms with Crippen LogP contribution in [0.3, 0.4) is 0 Å². The fourth-order valence-electron chi connectivity index (χ4n) is 3.46. The first-order chi connectivity index (χ1) is 11.2. The van der Waals surface area contributed by atoms with Crippen molar-refractivity contribution in [1.82, 2.24) is 0 Å². The fraction of sp³-hybridized carbons (Fsp3) is 0.700. The fourth-order valence-corrected chi connectivity index (χ4v) is 25.2. The molecule has 0 heterocycles. The van der Waals surface area contributed by atoms with Crippen LogP contribution >= 0.6 is 11.8 Å². The van der Waals surface area contributed by atoms with Gasteiger partial charge >= 0.3 is 153 Å². The first kappa shape index (κ1) is 21.4. The van der Waals surface area contributed by atoms with Crippen molar-refractivity contribution in [3.63, 3.8) is 0 Å². The SMILES string of the molecule is CCC[CH2][Sn]([CH2]CCC)([CH2]CCC)[C@@H](CO)Sc1ccccc1. The molecule has 0 aliphatic rings. The van der Waals surface area contributed by atoms with Crippen LogP contribution in [0, 0.1) is 0 Å². The number of thioether (sulfide) groups is 1. The van der Waals surface area contributed by atoms with Gasteiger partial charge in [-0.2, -0.15) is 0 Å². The molecule has 0 aromatic heterocycles. The maximum absolute atomic E-state index is 10.3. The summed E-state index contributed by atoms with van der Waals surface area (Å²) < 4.78 is 4.93. The molecule has 0 bridgehead atoms. The molecule has 1 nitrogen and oxygen atoms in total. The van der Waals surface area contributed by atoms with E-state index in [1.807, 2.05) is 11.8 Å². The summed E-state index contributed by atoms with van der Waals surface area (Å²) in [6.07, 6.45) is 8.00. The third-order valence-corrected chi connectivity index (χ3v) is 26.3. The minimum absolute atomic E-state index is 0.382. The number of unbranched alkanes of at least 4 members (excludes halogenated alkanes) is 3. The predicted octanol–water partition coefficient (Wildman–Crippen LogP) is 6.53. The Balaban J connectivity index is 2.97. The molecule has 132 valence electrons. The van der Waals surface area contributed by atoms with Gasteiger partial charge in [0.1, 0.15) is 0 Å². The normalized spacial score (nSPS) is 13.2. The standard InChI is InChI=1S/C8H9OS.3C4H9.Sn/c9-6-7-10-8-4-2-1-3-5-8;3*1-3-4-2;/h1-5,7,9H,6H2;3*1,3-4H2,2H3;. The monoisotopic (exact) mass is 444 g/mol. The van der Waals surface area contributed by atoms with E-state index in [9.17, 15) is 5.11 Å². The van der Waals surface area contributed by atoms with Gasteiger partial charge in [0, 0.05) is 0 Å². The van der Waals surface area contributed by atoms with Gasteiger partial charge in [0.2, 0.25) is 0 Å². The number of rotatable bonds is 13. The molecule has 0 unspecified atom stereocenters. The van der Waals surface area contributed by atoms with Gasteiger partial charge in [-0.3, -0.25) is 0 Å². The van der Waals surface area contributed by atoms with Gasteiger partial charge in [-0.25, -0.2) is 0 Å². The summed E-state index contributed by atoms with van der Waals surface area (Å²) in [5.41, 5.74) is 0. The molecule has 0 aliphatic heterocycles. The summed E-state index contributed by atoms with van der Waals surface area (Å²) in [6.45, 7) is 7.32. The van der Waals surface area contributed by atoms with Gasteiger partial charge in [0.15, 0.2) is 0 Å². The Morgan fingerprint density at radius 1 is 0.870 bits per heavy atom. The Morgan fingerprint density at radius 3 is 1.74 bits per heavy atom. The van der Waals surface area contributed by atoms with Gasteiger partial charge in [-0.15, -0.1) is 0 Å². The molecule has 0 amide bonds. The molecular formula is C20H36OSSn. The van der Waals surface area contributed by atoms with Crippen LogP contribution in [-0.2, 0) is 0 Å². The Bertz CT molecular complexity index is 374. The summed E-state index contributed by atoms with van der Waals surface area (Å²) in [7, 11) is 0. The second kappa shape index (κ2) is 12.7. The van der Waals surface area contributed by atoms with Crippen LogP contribution in [0.4, 0.5) is 0 Å². The van der Waals surface area contributed by atoms with Gasteiger partial charge < -0.3 is 0 Å². The van der Waals surface area contributed by atoms with E-state index in [1.54, 1.807) is 0 Å². The van der Waals surface area contributed by atoms with E-state index in [4.69, 9.17) is 0 Å². The van der Waals surface area contributed by atoms with Crippen molar-refractivity contribution in [2.24, 2.45) is 0 Å². The number of benzene rings is 1.